The number of thioether (sulfide) groups is 1. The highest BCUT2D eigenvalue weighted by molar-refractivity contribution is 7.99. The average Bonchev–Trinajstić information content (AvgIpc) is 2.84. The Morgan fingerprint density at radius 2 is 2.37 bits per heavy atom. The molecule has 19 heavy (non-hydrogen) atoms. The van der Waals surface area contributed by atoms with Crippen LogP contribution in [-0.4, -0.2) is 38.3 Å². The first-order chi connectivity index (χ1) is 9.04. The van der Waals surface area contributed by atoms with Gasteiger partial charge in [0.15, 0.2) is 5.16 Å². The van der Waals surface area contributed by atoms with E-state index in [9.17, 15) is 14.4 Å². The molecule has 1 atom stereocenters. The van der Waals surface area contributed by atoms with E-state index < -0.39 is 23.5 Å². The molecule has 0 saturated heterocycles. The van der Waals surface area contributed by atoms with E-state index in [1.807, 2.05) is 0 Å². The third-order valence-corrected chi connectivity index (χ3v) is 3.78. The Bertz CT molecular complexity index is 584. The molecule has 1 aromatic rings. The van der Waals surface area contributed by atoms with Gasteiger partial charge in [-0.05, 0) is 6.42 Å². The van der Waals surface area contributed by atoms with Crippen LogP contribution in [0.25, 0.3) is 0 Å². The van der Waals surface area contributed by atoms with E-state index in [0.29, 0.717) is 11.7 Å². The number of hydrogen-bond acceptors (Lipinski definition) is 5. The summed E-state index contributed by atoms with van der Waals surface area (Å²) in [7, 11) is 0. The lowest BCUT2D eigenvalue weighted by atomic mass is 10.2. The maximum absolute atomic E-state index is 12.0. The van der Waals surface area contributed by atoms with Crippen LogP contribution in [-0.2, 0) is 11.3 Å². The van der Waals surface area contributed by atoms with Gasteiger partial charge < -0.3 is 10.4 Å². The predicted octanol–water partition coefficient (Wildman–Crippen LogP) is -0.0580. The molecule has 1 aliphatic heterocycles. The smallest absolute Gasteiger partial charge is 0.326 e. The minimum atomic E-state index is -1.12. The van der Waals surface area contributed by atoms with Crippen molar-refractivity contribution in [3.05, 3.63) is 22.1 Å². The van der Waals surface area contributed by atoms with Gasteiger partial charge in [-0.3, -0.25) is 14.2 Å². The number of carbonyl (C=O) groups is 2. The lowest BCUT2D eigenvalue weighted by Crippen LogP contribution is -2.43. The first-order valence-corrected chi connectivity index (χ1v) is 6.79. The van der Waals surface area contributed by atoms with Crippen LogP contribution in [0.15, 0.2) is 16.1 Å². The molecule has 0 saturated carbocycles. The average molecular weight is 283 g/mol. The first kappa shape index (κ1) is 13.6. The highest BCUT2D eigenvalue weighted by Gasteiger charge is 2.23. The first-order valence-electron chi connectivity index (χ1n) is 5.81. The molecule has 1 aliphatic rings. The van der Waals surface area contributed by atoms with Crippen molar-refractivity contribution in [2.75, 3.05) is 5.75 Å². The van der Waals surface area contributed by atoms with Crippen LogP contribution in [0, 0.1) is 0 Å². The van der Waals surface area contributed by atoms with Crippen molar-refractivity contribution < 1.29 is 14.7 Å². The third kappa shape index (κ3) is 2.62. The molecule has 0 radical (unpaired) electrons. The molecule has 0 spiro atoms. The highest BCUT2D eigenvalue weighted by Crippen LogP contribution is 2.20. The number of carboxylic acid groups (broad SMARTS) is 1. The Kier molecular flexibility index (Phi) is 3.89. The minimum Gasteiger partial charge on any atom is -0.480 e. The largest absolute Gasteiger partial charge is 0.480 e. The molecule has 0 bridgehead atoms. The number of nitrogens with one attached hydrogen (secondary N) is 1. The Balaban J connectivity index is 2.25. The number of hydrogen-bond donors (Lipinski definition) is 2. The van der Waals surface area contributed by atoms with Crippen molar-refractivity contribution in [2.24, 2.45) is 0 Å². The maximum atomic E-state index is 12.0. The molecule has 102 valence electrons. The lowest BCUT2D eigenvalue weighted by molar-refractivity contribution is -0.139. The van der Waals surface area contributed by atoms with Crippen LogP contribution in [0.4, 0.5) is 0 Å². The van der Waals surface area contributed by atoms with Crippen molar-refractivity contribution in [1.82, 2.24) is 14.9 Å². The second kappa shape index (κ2) is 5.43. The van der Waals surface area contributed by atoms with Crippen molar-refractivity contribution in [3.8, 4) is 0 Å². The minimum absolute atomic E-state index is 0.119. The lowest BCUT2D eigenvalue weighted by Gasteiger charge is -2.12. The SMILES string of the molecule is CCC(NC(=O)c1cnc2n(c1=O)CCS2)C(=O)O. The zero-order chi connectivity index (χ0) is 14.0. The van der Waals surface area contributed by atoms with Crippen LogP contribution < -0.4 is 10.9 Å². The Morgan fingerprint density at radius 1 is 1.63 bits per heavy atom. The van der Waals surface area contributed by atoms with Crippen LogP contribution >= 0.6 is 11.8 Å². The van der Waals surface area contributed by atoms with Gasteiger partial charge >= 0.3 is 5.97 Å². The topological polar surface area (TPSA) is 101 Å². The molecule has 7 nitrogen and oxygen atoms in total. The van der Waals surface area contributed by atoms with E-state index in [2.05, 4.69) is 10.3 Å². The predicted molar refractivity (Wildman–Crippen MR) is 68.4 cm³/mol. The van der Waals surface area contributed by atoms with Gasteiger partial charge in [0.2, 0.25) is 0 Å². The monoisotopic (exact) mass is 283 g/mol. The fourth-order valence-corrected chi connectivity index (χ4v) is 2.66. The molecule has 2 rings (SSSR count). The summed E-state index contributed by atoms with van der Waals surface area (Å²) >= 11 is 1.45. The molecule has 1 amide bonds. The fraction of sp³-hybridized carbons (Fsp3) is 0.455. The molecule has 8 heteroatoms. The highest BCUT2D eigenvalue weighted by atomic mass is 32.2. The summed E-state index contributed by atoms with van der Waals surface area (Å²) in [5.41, 5.74) is -0.543. The fourth-order valence-electron chi connectivity index (χ4n) is 1.75. The Morgan fingerprint density at radius 3 is 3.00 bits per heavy atom. The number of aliphatic carboxylic acids is 1. The number of rotatable bonds is 4. The standard InChI is InChI=1S/C11H13N3O4S/c1-2-7(10(17)18)13-8(15)6-5-12-11-14(9(6)16)3-4-19-11/h5,7H,2-4H2,1H3,(H,13,15)(H,17,18). The van der Waals surface area contributed by atoms with Gasteiger partial charge in [0.1, 0.15) is 11.6 Å². The van der Waals surface area contributed by atoms with E-state index in [0.717, 1.165) is 5.75 Å². The normalized spacial score (nSPS) is 14.8. The molecule has 1 aromatic heterocycles. The van der Waals surface area contributed by atoms with Gasteiger partial charge in [-0.25, -0.2) is 9.78 Å². The molecule has 0 aromatic carbocycles. The molecule has 2 heterocycles. The van der Waals surface area contributed by atoms with Gasteiger partial charge in [0.25, 0.3) is 11.5 Å². The summed E-state index contributed by atoms with van der Waals surface area (Å²) in [6.07, 6.45) is 1.45. The van der Waals surface area contributed by atoms with Crippen LogP contribution in [0.2, 0.25) is 0 Å². The molecule has 2 N–H and O–H groups in total. The third-order valence-electron chi connectivity index (χ3n) is 2.81. The second-order valence-electron chi connectivity index (χ2n) is 4.03. The van der Waals surface area contributed by atoms with Gasteiger partial charge in [0.05, 0.1) is 0 Å². The van der Waals surface area contributed by atoms with Gasteiger partial charge in [-0.15, -0.1) is 0 Å². The summed E-state index contributed by atoms with van der Waals surface area (Å²) in [4.78, 5) is 38.8. The van der Waals surface area contributed by atoms with E-state index in [-0.39, 0.29) is 12.0 Å². The van der Waals surface area contributed by atoms with Crippen molar-refractivity contribution in [2.45, 2.75) is 31.1 Å². The van der Waals surface area contributed by atoms with Crippen LogP contribution in [0.3, 0.4) is 0 Å². The number of amides is 1. The van der Waals surface area contributed by atoms with E-state index in [1.165, 1.54) is 22.5 Å². The second-order valence-corrected chi connectivity index (χ2v) is 5.09. The summed E-state index contributed by atoms with van der Waals surface area (Å²) in [6, 6.07) is -1.00. The van der Waals surface area contributed by atoms with Crippen molar-refractivity contribution in [1.29, 1.82) is 0 Å². The Labute approximate surface area is 113 Å². The summed E-state index contributed by atoms with van der Waals surface area (Å²) in [5, 5.41) is 11.8. The van der Waals surface area contributed by atoms with Crippen molar-refractivity contribution in [3.63, 3.8) is 0 Å². The zero-order valence-electron chi connectivity index (χ0n) is 10.3. The van der Waals surface area contributed by atoms with Crippen molar-refractivity contribution >= 4 is 23.6 Å². The number of nitrogens with zero attached hydrogens (tertiary/aromatic N) is 2. The summed E-state index contributed by atoms with van der Waals surface area (Å²) < 4.78 is 1.43. The maximum Gasteiger partial charge on any atom is 0.326 e. The zero-order valence-corrected chi connectivity index (χ0v) is 11.1. The molecule has 0 aliphatic carbocycles. The number of carbonyl (C=O) groups excluding carboxylic acids is 1. The van der Waals surface area contributed by atoms with E-state index in [1.54, 1.807) is 6.92 Å². The molecule has 0 fully saturated rings. The Hall–Kier alpha value is -1.83. The van der Waals surface area contributed by atoms with Gasteiger partial charge in [-0.1, -0.05) is 18.7 Å². The van der Waals surface area contributed by atoms with Gasteiger partial charge in [0, 0.05) is 18.5 Å². The number of aromatic nitrogens is 2. The number of fused-ring (bicyclic) bond motifs is 1. The van der Waals surface area contributed by atoms with Crippen LogP contribution in [0.5, 0.6) is 0 Å². The van der Waals surface area contributed by atoms with Gasteiger partial charge in [-0.2, -0.15) is 0 Å². The molecular weight excluding hydrogens is 270 g/mol. The quantitative estimate of drug-likeness (QED) is 0.751. The summed E-state index contributed by atoms with van der Waals surface area (Å²) in [5.74, 6) is -1.07. The number of carboxylic acids is 1. The summed E-state index contributed by atoms with van der Waals surface area (Å²) in [6.45, 7) is 2.16. The van der Waals surface area contributed by atoms with Crippen LogP contribution in [0.1, 0.15) is 23.7 Å². The van der Waals surface area contributed by atoms with E-state index in [4.69, 9.17) is 5.11 Å². The van der Waals surface area contributed by atoms with E-state index >= 15 is 0 Å². The molecule has 1 unspecified atom stereocenters. The molecular formula is C11H13N3O4S.